The largest absolute Gasteiger partial charge is 0.379 e. The Bertz CT molecular complexity index is 1180. The first-order valence-electron chi connectivity index (χ1n) is 10.8. The van der Waals surface area contributed by atoms with Crippen molar-refractivity contribution in [2.75, 3.05) is 38.2 Å². The molecule has 166 valence electrons. The maximum Gasteiger partial charge on any atom is 0.229 e. The van der Waals surface area contributed by atoms with Crippen LogP contribution in [0, 0.1) is 5.82 Å². The van der Waals surface area contributed by atoms with Crippen LogP contribution in [0.15, 0.2) is 49.1 Å². The van der Waals surface area contributed by atoms with Crippen molar-refractivity contribution >= 4 is 22.7 Å². The van der Waals surface area contributed by atoms with Crippen molar-refractivity contribution in [3.8, 4) is 0 Å². The highest BCUT2D eigenvalue weighted by molar-refractivity contribution is 5.75. The van der Waals surface area contributed by atoms with E-state index in [9.17, 15) is 4.39 Å². The second-order valence-electron chi connectivity index (χ2n) is 7.79. The number of hydrogen-bond acceptors (Lipinski definition) is 7. The Hall–Kier alpha value is -3.37. The summed E-state index contributed by atoms with van der Waals surface area (Å²) in [4.78, 5) is 11.4. The summed E-state index contributed by atoms with van der Waals surface area (Å²) in [6.07, 6.45) is 8.13. The van der Waals surface area contributed by atoms with Crippen LogP contribution in [0.2, 0.25) is 0 Å². The Morgan fingerprint density at radius 3 is 2.78 bits per heavy atom. The molecule has 0 aliphatic carbocycles. The standard InChI is InChI=1S/C22H25FN8O/c23-20-5-2-1-4-17(20)15-31-21-18(13-26-31)12-24-22(28-21)27-19-14-25-30(16-19)7-3-6-29-8-10-32-11-9-29/h1-2,4-5,12-14,16H,3,6-11,15H2,(H,24,27,28). The van der Waals surface area contributed by atoms with Gasteiger partial charge < -0.3 is 10.1 Å². The van der Waals surface area contributed by atoms with Gasteiger partial charge in [-0.25, -0.2) is 14.1 Å². The van der Waals surface area contributed by atoms with E-state index in [-0.39, 0.29) is 5.82 Å². The quantitative estimate of drug-likeness (QED) is 0.454. The highest BCUT2D eigenvalue weighted by atomic mass is 19.1. The highest BCUT2D eigenvalue weighted by Gasteiger charge is 2.11. The van der Waals surface area contributed by atoms with Crippen LogP contribution in [0.25, 0.3) is 11.0 Å². The number of nitrogens with zero attached hydrogens (tertiary/aromatic N) is 7. The number of fused-ring (bicyclic) bond motifs is 1. The minimum atomic E-state index is -0.260. The maximum atomic E-state index is 14.0. The second kappa shape index (κ2) is 9.41. The number of rotatable bonds is 8. The molecule has 0 bridgehead atoms. The van der Waals surface area contributed by atoms with Crippen molar-refractivity contribution in [3.05, 3.63) is 60.4 Å². The molecule has 0 atom stereocenters. The number of anilines is 2. The first kappa shape index (κ1) is 20.5. The van der Waals surface area contributed by atoms with Crippen LogP contribution >= 0.6 is 0 Å². The molecule has 1 aromatic carbocycles. The number of benzene rings is 1. The fraction of sp³-hybridized carbons (Fsp3) is 0.364. The van der Waals surface area contributed by atoms with Gasteiger partial charge in [-0.15, -0.1) is 0 Å². The predicted molar refractivity (Wildman–Crippen MR) is 118 cm³/mol. The molecular weight excluding hydrogens is 411 g/mol. The van der Waals surface area contributed by atoms with E-state index in [1.165, 1.54) is 6.07 Å². The van der Waals surface area contributed by atoms with Gasteiger partial charge in [-0.3, -0.25) is 9.58 Å². The molecule has 32 heavy (non-hydrogen) atoms. The van der Waals surface area contributed by atoms with Crippen LogP contribution in [-0.4, -0.2) is 67.3 Å². The van der Waals surface area contributed by atoms with E-state index in [0.717, 1.165) is 56.9 Å². The molecule has 10 heteroatoms. The number of nitrogens with one attached hydrogen (secondary N) is 1. The molecule has 0 spiro atoms. The van der Waals surface area contributed by atoms with Crippen molar-refractivity contribution in [1.82, 2.24) is 34.4 Å². The number of halogens is 1. The monoisotopic (exact) mass is 436 g/mol. The second-order valence-corrected chi connectivity index (χ2v) is 7.79. The van der Waals surface area contributed by atoms with E-state index >= 15 is 0 Å². The summed E-state index contributed by atoms with van der Waals surface area (Å²) in [6.45, 7) is 5.82. The Balaban J connectivity index is 1.23. The molecule has 9 nitrogen and oxygen atoms in total. The summed E-state index contributed by atoms with van der Waals surface area (Å²) < 4.78 is 23.0. The Morgan fingerprint density at radius 2 is 1.91 bits per heavy atom. The number of morpholine rings is 1. The van der Waals surface area contributed by atoms with Crippen molar-refractivity contribution in [3.63, 3.8) is 0 Å². The molecule has 0 saturated carbocycles. The van der Waals surface area contributed by atoms with E-state index in [4.69, 9.17) is 4.74 Å². The van der Waals surface area contributed by atoms with E-state index in [1.807, 2.05) is 16.9 Å². The van der Waals surface area contributed by atoms with Crippen molar-refractivity contribution in [1.29, 1.82) is 0 Å². The first-order chi connectivity index (χ1) is 15.7. The number of hydrogen-bond donors (Lipinski definition) is 1. The zero-order valence-corrected chi connectivity index (χ0v) is 17.7. The molecule has 1 aliphatic heterocycles. The third kappa shape index (κ3) is 4.76. The van der Waals surface area contributed by atoms with Gasteiger partial charge in [-0.05, 0) is 12.5 Å². The minimum absolute atomic E-state index is 0.260. The fourth-order valence-corrected chi connectivity index (χ4v) is 3.79. The molecule has 4 aromatic rings. The smallest absolute Gasteiger partial charge is 0.229 e. The Morgan fingerprint density at radius 1 is 1.03 bits per heavy atom. The number of aryl methyl sites for hydroxylation is 1. The summed E-state index contributed by atoms with van der Waals surface area (Å²) in [7, 11) is 0. The van der Waals surface area contributed by atoms with Gasteiger partial charge >= 0.3 is 0 Å². The van der Waals surface area contributed by atoms with Crippen LogP contribution in [0.1, 0.15) is 12.0 Å². The van der Waals surface area contributed by atoms with Gasteiger partial charge in [0, 0.05) is 44.1 Å². The number of aromatic nitrogens is 6. The lowest BCUT2D eigenvalue weighted by Crippen LogP contribution is -2.37. The number of ether oxygens (including phenoxy) is 1. The van der Waals surface area contributed by atoms with E-state index < -0.39 is 0 Å². The molecule has 4 heterocycles. The van der Waals surface area contributed by atoms with Crippen LogP contribution in [-0.2, 0) is 17.8 Å². The van der Waals surface area contributed by atoms with Crippen molar-refractivity contribution in [2.24, 2.45) is 0 Å². The van der Waals surface area contributed by atoms with Crippen LogP contribution in [0.3, 0.4) is 0 Å². The summed E-state index contributed by atoms with van der Waals surface area (Å²) in [5, 5.41) is 12.8. The SMILES string of the molecule is Fc1ccccc1Cn1ncc2cnc(Nc3cnn(CCCN4CCOCC4)c3)nc21. The van der Waals surface area contributed by atoms with Crippen LogP contribution in [0.5, 0.6) is 0 Å². The molecule has 0 unspecified atom stereocenters. The average Bonchev–Trinajstić information content (AvgIpc) is 3.43. The van der Waals surface area contributed by atoms with Crippen LogP contribution in [0.4, 0.5) is 16.0 Å². The molecule has 1 N–H and O–H groups in total. The normalized spacial score (nSPS) is 14.8. The third-order valence-electron chi connectivity index (χ3n) is 5.51. The lowest BCUT2D eigenvalue weighted by atomic mass is 10.2. The van der Waals surface area contributed by atoms with Gasteiger partial charge in [0.15, 0.2) is 5.65 Å². The van der Waals surface area contributed by atoms with E-state index in [0.29, 0.717) is 23.7 Å². The van der Waals surface area contributed by atoms with Gasteiger partial charge in [-0.2, -0.15) is 15.2 Å². The lowest BCUT2D eigenvalue weighted by Gasteiger charge is -2.26. The molecule has 0 radical (unpaired) electrons. The van der Waals surface area contributed by atoms with Gasteiger partial charge in [0.1, 0.15) is 5.82 Å². The predicted octanol–water partition coefficient (Wildman–Crippen LogP) is 2.68. The summed E-state index contributed by atoms with van der Waals surface area (Å²) in [5.74, 6) is 0.185. The highest BCUT2D eigenvalue weighted by Crippen LogP contribution is 2.18. The fourth-order valence-electron chi connectivity index (χ4n) is 3.79. The molecule has 1 saturated heterocycles. The lowest BCUT2D eigenvalue weighted by molar-refractivity contribution is 0.0368. The molecule has 1 aliphatic rings. The zero-order chi connectivity index (χ0) is 21.8. The minimum Gasteiger partial charge on any atom is -0.379 e. The maximum absolute atomic E-state index is 14.0. The molecule has 5 rings (SSSR count). The summed E-state index contributed by atoms with van der Waals surface area (Å²) in [6, 6.07) is 6.68. The Labute approximate surface area is 184 Å². The third-order valence-corrected chi connectivity index (χ3v) is 5.51. The first-order valence-corrected chi connectivity index (χ1v) is 10.8. The molecular formula is C22H25FN8O. The summed E-state index contributed by atoms with van der Waals surface area (Å²) >= 11 is 0. The topological polar surface area (TPSA) is 85.9 Å². The van der Waals surface area contributed by atoms with Crippen molar-refractivity contribution < 1.29 is 9.13 Å². The average molecular weight is 436 g/mol. The van der Waals surface area contributed by atoms with Crippen molar-refractivity contribution in [2.45, 2.75) is 19.5 Å². The zero-order valence-electron chi connectivity index (χ0n) is 17.7. The van der Waals surface area contributed by atoms with Crippen LogP contribution < -0.4 is 5.32 Å². The van der Waals surface area contributed by atoms with Gasteiger partial charge in [0.25, 0.3) is 0 Å². The van der Waals surface area contributed by atoms with E-state index in [1.54, 1.807) is 35.4 Å². The van der Waals surface area contributed by atoms with Gasteiger partial charge in [0.2, 0.25) is 5.95 Å². The van der Waals surface area contributed by atoms with Gasteiger partial charge in [0.05, 0.1) is 43.2 Å². The summed E-state index contributed by atoms with van der Waals surface area (Å²) in [5.41, 5.74) is 2.02. The van der Waals surface area contributed by atoms with Gasteiger partial charge in [-0.1, -0.05) is 18.2 Å². The Kier molecular flexibility index (Phi) is 6.04. The molecule has 0 amide bonds. The molecule has 3 aromatic heterocycles. The molecule has 1 fully saturated rings. The van der Waals surface area contributed by atoms with E-state index in [2.05, 4.69) is 30.4 Å².